The third kappa shape index (κ3) is 2.50. The molecule has 0 aromatic heterocycles. The van der Waals surface area contributed by atoms with Crippen LogP contribution >= 0.6 is 0 Å². The van der Waals surface area contributed by atoms with Gasteiger partial charge in [0.2, 0.25) is 6.17 Å². The molecule has 5 nitrogen and oxygen atoms in total. The van der Waals surface area contributed by atoms with Gasteiger partial charge in [-0.1, -0.05) is 0 Å². The quantitative estimate of drug-likeness (QED) is 0.501. The molecule has 0 aromatic carbocycles. The van der Waals surface area contributed by atoms with Gasteiger partial charge in [-0.3, -0.25) is 4.79 Å². The second kappa shape index (κ2) is 3.87. The maximum Gasteiger partial charge on any atom is 0.340 e. The lowest BCUT2D eigenvalue weighted by molar-refractivity contribution is -0.151. The van der Waals surface area contributed by atoms with Crippen LogP contribution in [0.3, 0.4) is 0 Å². The number of aliphatic carboxylic acids is 2. The number of likely N-dealkylation sites (N-methyl/N-ethyl adjacent to an activating group) is 1. The SMILES string of the molecule is CN[C@H](C(=O)O)[C@H](F)C(=O)O. The molecule has 0 rings (SSSR count). The third-order valence-electron chi connectivity index (χ3n) is 1.11. The summed E-state index contributed by atoms with van der Waals surface area (Å²) in [5, 5.41) is 18.3. The second-order valence-corrected chi connectivity index (χ2v) is 1.84. The van der Waals surface area contributed by atoms with Gasteiger partial charge in [-0.05, 0) is 7.05 Å². The summed E-state index contributed by atoms with van der Waals surface area (Å²) in [6, 6.07) is -1.69. The standard InChI is InChI=1S/C5H8FNO4/c1-7-3(5(10)11)2(6)4(8)9/h2-3,7H,1H3,(H,8,9)(H,10,11)/t2-,3-/m0/s1. The van der Waals surface area contributed by atoms with Crippen LogP contribution in [0.5, 0.6) is 0 Å². The lowest BCUT2D eigenvalue weighted by atomic mass is 10.2. The van der Waals surface area contributed by atoms with Gasteiger partial charge in [0.1, 0.15) is 6.04 Å². The number of rotatable bonds is 4. The van der Waals surface area contributed by atoms with Crippen molar-refractivity contribution in [3.8, 4) is 0 Å². The molecule has 2 atom stereocenters. The van der Waals surface area contributed by atoms with Crippen LogP contribution in [0.25, 0.3) is 0 Å². The molecule has 0 aliphatic heterocycles. The van der Waals surface area contributed by atoms with Crippen molar-refractivity contribution in [2.24, 2.45) is 0 Å². The topological polar surface area (TPSA) is 86.6 Å². The summed E-state index contributed by atoms with van der Waals surface area (Å²) in [5.41, 5.74) is 0. The van der Waals surface area contributed by atoms with E-state index >= 15 is 0 Å². The molecule has 0 aliphatic carbocycles. The maximum absolute atomic E-state index is 12.4. The van der Waals surface area contributed by atoms with Crippen LogP contribution in [0.2, 0.25) is 0 Å². The molecule has 0 spiro atoms. The molecule has 0 unspecified atom stereocenters. The molecule has 0 fully saturated rings. The molecule has 0 bridgehead atoms. The molecule has 6 heteroatoms. The Morgan fingerprint density at radius 3 is 1.91 bits per heavy atom. The van der Waals surface area contributed by atoms with Gasteiger partial charge in [-0.2, -0.15) is 0 Å². The average Bonchev–Trinajstić information content (AvgIpc) is 1.88. The first kappa shape index (κ1) is 9.83. The van der Waals surface area contributed by atoms with E-state index in [1.54, 1.807) is 0 Å². The minimum Gasteiger partial charge on any atom is -0.480 e. The predicted molar refractivity (Wildman–Crippen MR) is 33.0 cm³/mol. The van der Waals surface area contributed by atoms with E-state index in [0.29, 0.717) is 0 Å². The van der Waals surface area contributed by atoms with Crippen molar-refractivity contribution < 1.29 is 24.2 Å². The van der Waals surface area contributed by atoms with Crippen LogP contribution in [0.1, 0.15) is 0 Å². The summed E-state index contributed by atoms with van der Waals surface area (Å²) >= 11 is 0. The molecule has 0 saturated carbocycles. The minimum absolute atomic E-state index is 1.17. The fourth-order valence-corrected chi connectivity index (χ4v) is 0.538. The summed E-state index contributed by atoms with van der Waals surface area (Å²) in [6.45, 7) is 0. The maximum atomic E-state index is 12.4. The highest BCUT2D eigenvalue weighted by molar-refractivity contribution is 5.84. The molecule has 3 N–H and O–H groups in total. The molecule has 0 aliphatic rings. The first-order valence-electron chi connectivity index (χ1n) is 2.77. The zero-order chi connectivity index (χ0) is 9.02. The molecular formula is C5H8FNO4. The van der Waals surface area contributed by atoms with Gasteiger partial charge >= 0.3 is 11.9 Å². The van der Waals surface area contributed by atoms with Crippen LogP contribution in [0.4, 0.5) is 4.39 Å². The van der Waals surface area contributed by atoms with Gasteiger partial charge in [0.25, 0.3) is 0 Å². The largest absolute Gasteiger partial charge is 0.480 e. The van der Waals surface area contributed by atoms with Crippen molar-refractivity contribution in [2.45, 2.75) is 12.2 Å². The molecule has 0 radical (unpaired) electrons. The van der Waals surface area contributed by atoms with Crippen molar-refractivity contribution in [1.29, 1.82) is 0 Å². The van der Waals surface area contributed by atoms with E-state index in [4.69, 9.17) is 10.2 Å². The summed E-state index contributed by atoms with van der Waals surface area (Å²) < 4.78 is 12.4. The van der Waals surface area contributed by atoms with E-state index in [9.17, 15) is 14.0 Å². The van der Waals surface area contributed by atoms with E-state index in [2.05, 4.69) is 0 Å². The Labute approximate surface area is 61.8 Å². The summed E-state index contributed by atoms with van der Waals surface area (Å²) in [7, 11) is 1.17. The van der Waals surface area contributed by atoms with Crippen molar-refractivity contribution in [3.63, 3.8) is 0 Å². The Morgan fingerprint density at radius 1 is 1.36 bits per heavy atom. The van der Waals surface area contributed by atoms with E-state index in [1.807, 2.05) is 5.32 Å². The number of halogens is 1. The molecule has 0 heterocycles. The number of carboxylic acids is 2. The minimum atomic E-state index is -2.42. The van der Waals surface area contributed by atoms with Gasteiger partial charge in [0.05, 0.1) is 0 Å². The Morgan fingerprint density at radius 2 is 1.82 bits per heavy atom. The Bertz CT molecular complexity index is 172. The van der Waals surface area contributed by atoms with Crippen molar-refractivity contribution >= 4 is 11.9 Å². The summed E-state index contributed by atoms with van der Waals surface area (Å²) in [4.78, 5) is 20.0. The molecule has 11 heavy (non-hydrogen) atoms. The number of carboxylic acid groups (broad SMARTS) is 2. The number of alkyl halides is 1. The monoisotopic (exact) mass is 165 g/mol. The molecule has 0 saturated heterocycles. The Kier molecular flexibility index (Phi) is 3.46. The average molecular weight is 165 g/mol. The van der Waals surface area contributed by atoms with E-state index in [-0.39, 0.29) is 0 Å². The van der Waals surface area contributed by atoms with Crippen LogP contribution in [-0.4, -0.2) is 41.4 Å². The smallest absolute Gasteiger partial charge is 0.340 e. The fraction of sp³-hybridized carbons (Fsp3) is 0.600. The van der Waals surface area contributed by atoms with Crippen LogP contribution < -0.4 is 5.32 Å². The zero-order valence-electron chi connectivity index (χ0n) is 5.74. The lowest BCUT2D eigenvalue weighted by Gasteiger charge is -2.11. The Hall–Kier alpha value is -1.17. The number of hydrogen-bond acceptors (Lipinski definition) is 3. The van der Waals surface area contributed by atoms with E-state index in [0.717, 1.165) is 0 Å². The molecule has 64 valence electrons. The highest BCUT2D eigenvalue weighted by Crippen LogP contribution is 1.98. The van der Waals surface area contributed by atoms with Gasteiger partial charge in [0.15, 0.2) is 0 Å². The van der Waals surface area contributed by atoms with Gasteiger partial charge in [-0.25, -0.2) is 9.18 Å². The van der Waals surface area contributed by atoms with Crippen LogP contribution in [0.15, 0.2) is 0 Å². The van der Waals surface area contributed by atoms with Gasteiger partial charge < -0.3 is 15.5 Å². The number of carbonyl (C=O) groups is 2. The van der Waals surface area contributed by atoms with E-state index < -0.39 is 24.2 Å². The second-order valence-electron chi connectivity index (χ2n) is 1.84. The molecule has 0 aromatic rings. The van der Waals surface area contributed by atoms with Gasteiger partial charge in [-0.15, -0.1) is 0 Å². The van der Waals surface area contributed by atoms with Crippen molar-refractivity contribution in [2.75, 3.05) is 7.05 Å². The lowest BCUT2D eigenvalue weighted by Crippen LogP contribution is -2.45. The summed E-state index contributed by atoms with van der Waals surface area (Å²) in [5.74, 6) is -3.31. The highest BCUT2D eigenvalue weighted by atomic mass is 19.1. The fourth-order valence-electron chi connectivity index (χ4n) is 0.538. The van der Waals surface area contributed by atoms with Crippen molar-refractivity contribution in [1.82, 2.24) is 5.32 Å². The van der Waals surface area contributed by atoms with E-state index in [1.165, 1.54) is 7.05 Å². The first-order chi connectivity index (χ1) is 5.00. The first-order valence-corrected chi connectivity index (χ1v) is 2.77. The predicted octanol–water partition coefficient (Wildman–Crippen LogP) is -0.918. The normalized spacial score (nSPS) is 15.5. The number of nitrogens with one attached hydrogen (secondary N) is 1. The third-order valence-corrected chi connectivity index (χ3v) is 1.11. The molecular weight excluding hydrogens is 157 g/mol. The molecule has 0 amide bonds. The number of hydrogen-bond donors (Lipinski definition) is 3. The van der Waals surface area contributed by atoms with Crippen LogP contribution in [0, 0.1) is 0 Å². The highest BCUT2D eigenvalue weighted by Gasteiger charge is 2.32. The Balaban J connectivity index is 4.25. The van der Waals surface area contributed by atoms with Crippen LogP contribution in [-0.2, 0) is 9.59 Å². The van der Waals surface area contributed by atoms with Crippen molar-refractivity contribution in [3.05, 3.63) is 0 Å². The van der Waals surface area contributed by atoms with Gasteiger partial charge in [0, 0.05) is 0 Å². The summed E-state index contributed by atoms with van der Waals surface area (Å²) in [6.07, 6.45) is -2.42. The zero-order valence-corrected chi connectivity index (χ0v) is 5.74.